The van der Waals surface area contributed by atoms with E-state index in [0.29, 0.717) is 25.2 Å². The maximum atomic E-state index is 13.8. The third-order valence-electron chi connectivity index (χ3n) is 3.20. The zero-order chi connectivity index (χ0) is 16.8. The van der Waals surface area contributed by atoms with Gasteiger partial charge in [-0.15, -0.1) is 0 Å². The topological polar surface area (TPSA) is 67.6 Å². The van der Waals surface area contributed by atoms with Gasteiger partial charge in [0.2, 0.25) is 0 Å². The number of ether oxygens (including phenoxy) is 1. The number of likely N-dealkylation sites (N-methyl/N-ethyl adjacent to an activating group) is 1. The van der Waals surface area contributed by atoms with Crippen molar-refractivity contribution < 1.29 is 13.9 Å². The van der Waals surface area contributed by atoms with Gasteiger partial charge in [-0.1, -0.05) is 12.1 Å². The number of nitrogens with zero attached hydrogens (tertiary/aromatic N) is 1. The van der Waals surface area contributed by atoms with Crippen molar-refractivity contribution in [3.8, 4) is 0 Å². The lowest BCUT2D eigenvalue weighted by molar-refractivity contribution is 0.0526. The van der Waals surface area contributed by atoms with Crippen molar-refractivity contribution in [1.82, 2.24) is 5.32 Å². The minimum atomic E-state index is -0.526. The molecule has 0 saturated heterocycles. The average molecular weight is 311 g/mol. The highest BCUT2D eigenvalue weighted by Crippen LogP contribution is 2.20. The molecule has 124 valence electrons. The number of anilines is 1. The van der Waals surface area contributed by atoms with Gasteiger partial charge in [0.15, 0.2) is 0 Å². The first-order valence-electron chi connectivity index (χ1n) is 7.39. The van der Waals surface area contributed by atoms with E-state index in [1.165, 1.54) is 6.07 Å². The van der Waals surface area contributed by atoms with E-state index in [4.69, 9.17) is 10.5 Å². The summed E-state index contributed by atoms with van der Waals surface area (Å²) in [7, 11) is 1.80. The van der Waals surface area contributed by atoms with Crippen LogP contribution in [0.3, 0.4) is 0 Å². The molecule has 0 bridgehead atoms. The van der Waals surface area contributed by atoms with E-state index < -0.39 is 11.7 Å². The molecule has 0 radical (unpaired) electrons. The summed E-state index contributed by atoms with van der Waals surface area (Å²) in [4.78, 5) is 13.4. The minimum Gasteiger partial charge on any atom is -0.444 e. The number of hydrogen-bond acceptors (Lipinski definition) is 4. The van der Waals surface area contributed by atoms with E-state index in [9.17, 15) is 9.18 Å². The fraction of sp³-hybridized carbons (Fsp3) is 0.562. The van der Waals surface area contributed by atoms with Crippen LogP contribution in [0.2, 0.25) is 0 Å². The molecule has 0 aliphatic carbocycles. The molecule has 5 nitrogen and oxygen atoms in total. The minimum absolute atomic E-state index is 0.0770. The van der Waals surface area contributed by atoms with Crippen molar-refractivity contribution in [2.45, 2.75) is 38.8 Å². The molecule has 1 rings (SSSR count). The van der Waals surface area contributed by atoms with E-state index in [1.807, 2.05) is 0 Å². The highest BCUT2D eigenvalue weighted by Gasteiger charge is 2.18. The number of nitrogens with two attached hydrogens (primary N) is 1. The van der Waals surface area contributed by atoms with Crippen molar-refractivity contribution in [2.24, 2.45) is 5.73 Å². The van der Waals surface area contributed by atoms with Gasteiger partial charge in [0.25, 0.3) is 0 Å². The Labute approximate surface area is 131 Å². The first-order chi connectivity index (χ1) is 10.2. The molecule has 1 amide bonds. The van der Waals surface area contributed by atoms with Crippen LogP contribution in [0.25, 0.3) is 0 Å². The van der Waals surface area contributed by atoms with Crippen LogP contribution in [-0.2, 0) is 4.74 Å². The SMILES string of the molecule is CN(c1ccccc1F)C(CN)CCNC(=O)OC(C)(C)C. The smallest absolute Gasteiger partial charge is 0.407 e. The maximum absolute atomic E-state index is 13.8. The third-order valence-corrected chi connectivity index (χ3v) is 3.20. The van der Waals surface area contributed by atoms with Crippen LogP contribution in [0.4, 0.5) is 14.9 Å². The molecule has 22 heavy (non-hydrogen) atoms. The Morgan fingerprint density at radius 3 is 2.59 bits per heavy atom. The van der Waals surface area contributed by atoms with Gasteiger partial charge in [-0.3, -0.25) is 0 Å². The maximum Gasteiger partial charge on any atom is 0.407 e. The van der Waals surface area contributed by atoms with Gasteiger partial charge < -0.3 is 20.7 Å². The normalized spacial score (nSPS) is 12.6. The number of halogens is 1. The Morgan fingerprint density at radius 1 is 1.41 bits per heavy atom. The summed E-state index contributed by atoms with van der Waals surface area (Å²) in [6.45, 7) is 6.19. The Kier molecular flexibility index (Phi) is 6.61. The fourth-order valence-electron chi connectivity index (χ4n) is 2.06. The van der Waals surface area contributed by atoms with Crippen molar-refractivity contribution in [2.75, 3.05) is 25.0 Å². The van der Waals surface area contributed by atoms with E-state index in [-0.39, 0.29) is 11.9 Å². The predicted molar refractivity (Wildman–Crippen MR) is 86.5 cm³/mol. The molecule has 0 saturated carbocycles. The van der Waals surface area contributed by atoms with Gasteiger partial charge >= 0.3 is 6.09 Å². The molecule has 1 aromatic carbocycles. The quantitative estimate of drug-likeness (QED) is 0.847. The van der Waals surface area contributed by atoms with Crippen molar-refractivity contribution >= 4 is 11.8 Å². The van der Waals surface area contributed by atoms with Gasteiger partial charge in [-0.05, 0) is 39.3 Å². The monoisotopic (exact) mass is 311 g/mol. The zero-order valence-corrected chi connectivity index (χ0v) is 13.7. The summed E-state index contributed by atoms with van der Waals surface area (Å²) in [6.07, 6.45) is 0.137. The standard InChI is InChI=1S/C16H26FN3O2/c1-16(2,3)22-15(21)19-10-9-12(11-18)20(4)14-8-6-5-7-13(14)17/h5-8,12H,9-11,18H2,1-4H3,(H,19,21). The second-order valence-corrected chi connectivity index (χ2v) is 6.17. The summed E-state index contributed by atoms with van der Waals surface area (Å²) in [5, 5.41) is 2.69. The van der Waals surface area contributed by atoms with Crippen LogP contribution >= 0.6 is 0 Å². The molecule has 0 spiro atoms. The first-order valence-corrected chi connectivity index (χ1v) is 7.39. The van der Waals surface area contributed by atoms with Crippen LogP contribution in [0, 0.1) is 5.82 Å². The van der Waals surface area contributed by atoms with Gasteiger partial charge in [-0.2, -0.15) is 0 Å². The van der Waals surface area contributed by atoms with Crippen LogP contribution in [-0.4, -0.2) is 37.9 Å². The number of hydrogen-bond donors (Lipinski definition) is 2. The number of carbonyl (C=O) groups excluding carboxylic acids is 1. The summed E-state index contributed by atoms with van der Waals surface area (Å²) < 4.78 is 19.0. The number of amides is 1. The molecular weight excluding hydrogens is 285 g/mol. The first kappa shape index (κ1) is 18.2. The van der Waals surface area contributed by atoms with Crippen LogP contribution in [0.5, 0.6) is 0 Å². The highest BCUT2D eigenvalue weighted by atomic mass is 19.1. The molecule has 0 aliphatic heterocycles. The Hall–Kier alpha value is -1.82. The lowest BCUT2D eigenvalue weighted by atomic mass is 10.1. The molecule has 3 N–H and O–H groups in total. The number of para-hydroxylation sites is 1. The number of alkyl carbamates (subject to hydrolysis) is 1. The molecule has 1 unspecified atom stereocenters. The Bertz CT molecular complexity index is 489. The van der Waals surface area contributed by atoms with E-state index in [1.54, 1.807) is 50.9 Å². The number of nitrogens with one attached hydrogen (secondary N) is 1. The van der Waals surface area contributed by atoms with Crippen molar-refractivity contribution in [3.63, 3.8) is 0 Å². The molecule has 6 heteroatoms. The summed E-state index contributed by atoms with van der Waals surface area (Å²) in [5.41, 5.74) is 5.74. The number of rotatable bonds is 6. The molecule has 0 heterocycles. The molecule has 0 fully saturated rings. The molecular formula is C16H26FN3O2. The Balaban J connectivity index is 2.52. The third kappa shape index (κ3) is 5.89. The van der Waals surface area contributed by atoms with E-state index >= 15 is 0 Å². The number of carbonyl (C=O) groups is 1. The zero-order valence-electron chi connectivity index (χ0n) is 13.7. The molecule has 1 atom stereocenters. The van der Waals surface area contributed by atoms with E-state index in [0.717, 1.165) is 0 Å². The molecule has 0 aliphatic rings. The fourth-order valence-corrected chi connectivity index (χ4v) is 2.06. The summed E-state index contributed by atoms with van der Waals surface area (Å²) in [6, 6.07) is 6.47. The van der Waals surface area contributed by atoms with Gasteiger partial charge in [0, 0.05) is 26.2 Å². The van der Waals surface area contributed by atoms with Gasteiger partial charge in [0.05, 0.1) is 5.69 Å². The second kappa shape index (κ2) is 7.98. The Morgan fingerprint density at radius 2 is 2.05 bits per heavy atom. The highest BCUT2D eigenvalue weighted by molar-refractivity contribution is 5.67. The van der Waals surface area contributed by atoms with Crippen molar-refractivity contribution in [3.05, 3.63) is 30.1 Å². The predicted octanol–water partition coefficient (Wildman–Crippen LogP) is 2.50. The number of benzene rings is 1. The lowest BCUT2D eigenvalue weighted by Crippen LogP contribution is -2.42. The van der Waals surface area contributed by atoms with E-state index in [2.05, 4.69) is 5.32 Å². The molecule has 1 aromatic rings. The largest absolute Gasteiger partial charge is 0.444 e. The van der Waals surface area contributed by atoms with Crippen molar-refractivity contribution in [1.29, 1.82) is 0 Å². The summed E-state index contributed by atoms with van der Waals surface area (Å²) >= 11 is 0. The lowest BCUT2D eigenvalue weighted by Gasteiger charge is -2.29. The second-order valence-electron chi connectivity index (χ2n) is 6.17. The average Bonchev–Trinajstić information content (AvgIpc) is 2.41. The summed E-state index contributed by atoms with van der Waals surface area (Å²) in [5.74, 6) is -0.288. The molecule has 0 aromatic heterocycles. The van der Waals surface area contributed by atoms with Crippen LogP contribution < -0.4 is 16.0 Å². The van der Waals surface area contributed by atoms with Gasteiger partial charge in [0.1, 0.15) is 11.4 Å². The van der Waals surface area contributed by atoms with Gasteiger partial charge in [-0.25, -0.2) is 9.18 Å². The van der Waals surface area contributed by atoms with Crippen LogP contribution in [0.1, 0.15) is 27.2 Å². The van der Waals surface area contributed by atoms with Crippen LogP contribution in [0.15, 0.2) is 24.3 Å².